The maximum Gasteiger partial charge on any atom is 0.330 e. The van der Waals surface area contributed by atoms with Gasteiger partial charge in [0, 0.05) is 12.6 Å². The quantitative estimate of drug-likeness (QED) is 0.467. The van der Waals surface area contributed by atoms with Crippen molar-refractivity contribution in [1.29, 1.82) is 5.26 Å². The van der Waals surface area contributed by atoms with E-state index in [1.165, 1.54) is 6.20 Å². The Morgan fingerprint density at radius 3 is 2.95 bits per heavy atom. The lowest BCUT2D eigenvalue weighted by molar-refractivity contribution is -0.0461. The van der Waals surface area contributed by atoms with Gasteiger partial charge in [-0.1, -0.05) is 0 Å². The van der Waals surface area contributed by atoms with E-state index in [-0.39, 0.29) is 17.9 Å². The van der Waals surface area contributed by atoms with Gasteiger partial charge in [-0.3, -0.25) is 14.3 Å². The number of nitriles is 1. The van der Waals surface area contributed by atoms with Crippen molar-refractivity contribution in [1.82, 2.24) is 9.55 Å². The first-order valence-corrected chi connectivity index (χ1v) is 6.24. The van der Waals surface area contributed by atoms with Gasteiger partial charge in [-0.2, -0.15) is 5.26 Å². The predicted octanol–water partition coefficient (Wildman–Crippen LogP) is -1.25. The van der Waals surface area contributed by atoms with Crippen LogP contribution in [0.3, 0.4) is 0 Å². The van der Waals surface area contributed by atoms with Crippen molar-refractivity contribution >= 4 is 11.8 Å². The molecule has 8 nitrogen and oxygen atoms in total. The number of aliphatic hydroxyl groups is 2. The van der Waals surface area contributed by atoms with Crippen molar-refractivity contribution in [3.8, 4) is 5.40 Å². The number of nitrogens with zero attached hydrogens (tertiary/aromatic N) is 2. The summed E-state index contributed by atoms with van der Waals surface area (Å²) < 4.78 is 6.41. The Bertz CT molecular complexity index is 619. The highest BCUT2D eigenvalue weighted by Gasteiger charge is 2.35. The minimum absolute atomic E-state index is 0.0626. The summed E-state index contributed by atoms with van der Waals surface area (Å²) in [6.07, 6.45) is -1.11. The van der Waals surface area contributed by atoms with E-state index in [0.717, 1.165) is 4.57 Å². The molecule has 1 aromatic heterocycles. The Morgan fingerprint density at radius 2 is 2.37 bits per heavy atom. The summed E-state index contributed by atoms with van der Waals surface area (Å²) in [5.74, 6) is 0. The molecule has 2 heterocycles. The SMILES string of the molecule is N#CSc1cn([C@H]2C[C@H](O)[C@@H](CO)O2)c(=O)[nH]c1=O. The Balaban J connectivity index is 2.36. The maximum absolute atomic E-state index is 11.7. The lowest BCUT2D eigenvalue weighted by atomic mass is 10.2. The fraction of sp³-hybridized carbons (Fsp3) is 0.500. The van der Waals surface area contributed by atoms with Gasteiger partial charge in [-0.05, 0) is 11.8 Å². The summed E-state index contributed by atoms with van der Waals surface area (Å²) in [5, 5.41) is 28.9. The first kappa shape index (κ1) is 13.8. The minimum atomic E-state index is -0.888. The standard InChI is InChI=1S/C10H11N3O5S/c11-4-19-7-2-13(10(17)12-9(7)16)8-1-5(15)6(3-14)18-8/h2,5-6,8,14-15H,1,3H2,(H,12,16,17)/t5-,6+,8+/m0/s1. The average molecular weight is 285 g/mol. The van der Waals surface area contributed by atoms with E-state index in [4.69, 9.17) is 15.1 Å². The molecule has 3 N–H and O–H groups in total. The first-order chi connectivity index (χ1) is 9.06. The highest BCUT2D eigenvalue weighted by Crippen LogP contribution is 2.27. The van der Waals surface area contributed by atoms with Gasteiger partial charge >= 0.3 is 5.69 Å². The van der Waals surface area contributed by atoms with Crippen LogP contribution in [0.25, 0.3) is 0 Å². The maximum atomic E-state index is 11.7. The second-order valence-corrected chi connectivity index (χ2v) is 4.79. The summed E-state index contributed by atoms with van der Waals surface area (Å²) in [6.45, 7) is -0.366. The molecule has 0 amide bonds. The number of thioether (sulfide) groups is 1. The predicted molar refractivity (Wildman–Crippen MR) is 64.4 cm³/mol. The van der Waals surface area contributed by atoms with E-state index in [2.05, 4.69) is 4.98 Å². The highest BCUT2D eigenvalue weighted by molar-refractivity contribution is 8.03. The third kappa shape index (κ3) is 2.71. The molecule has 0 radical (unpaired) electrons. The van der Waals surface area contributed by atoms with Crippen molar-refractivity contribution in [2.45, 2.75) is 29.8 Å². The van der Waals surface area contributed by atoms with Crippen LogP contribution in [0, 0.1) is 10.7 Å². The summed E-state index contributed by atoms with van der Waals surface area (Å²) in [5.41, 5.74) is -1.34. The molecule has 0 bridgehead atoms. The zero-order valence-electron chi connectivity index (χ0n) is 9.65. The van der Waals surface area contributed by atoms with E-state index in [1.54, 1.807) is 5.40 Å². The average Bonchev–Trinajstić information content (AvgIpc) is 2.74. The third-order valence-electron chi connectivity index (χ3n) is 2.79. The van der Waals surface area contributed by atoms with Gasteiger partial charge in [0.1, 0.15) is 22.6 Å². The van der Waals surface area contributed by atoms with Crippen LogP contribution >= 0.6 is 11.8 Å². The van der Waals surface area contributed by atoms with E-state index >= 15 is 0 Å². The van der Waals surface area contributed by atoms with Gasteiger partial charge < -0.3 is 14.9 Å². The molecule has 0 aliphatic carbocycles. The first-order valence-electron chi connectivity index (χ1n) is 5.42. The molecule has 0 spiro atoms. The number of nitrogens with one attached hydrogen (secondary N) is 1. The minimum Gasteiger partial charge on any atom is -0.394 e. The molecule has 1 aromatic rings. The molecule has 1 aliphatic heterocycles. The number of ether oxygens (including phenoxy) is 1. The van der Waals surface area contributed by atoms with Gasteiger partial charge in [0.2, 0.25) is 0 Å². The van der Waals surface area contributed by atoms with Crippen molar-refractivity contribution in [3.63, 3.8) is 0 Å². The molecule has 102 valence electrons. The number of aliphatic hydroxyl groups excluding tert-OH is 2. The molecule has 0 saturated carbocycles. The van der Waals surface area contributed by atoms with Gasteiger partial charge in [0.25, 0.3) is 5.56 Å². The second-order valence-electron chi connectivity index (χ2n) is 3.97. The zero-order chi connectivity index (χ0) is 14.0. The lowest BCUT2D eigenvalue weighted by Crippen LogP contribution is -2.33. The number of rotatable bonds is 3. The van der Waals surface area contributed by atoms with E-state index < -0.39 is 29.7 Å². The van der Waals surface area contributed by atoms with Gasteiger partial charge in [-0.25, -0.2) is 4.79 Å². The smallest absolute Gasteiger partial charge is 0.330 e. The van der Waals surface area contributed by atoms with Gasteiger partial charge in [0.15, 0.2) is 0 Å². The van der Waals surface area contributed by atoms with Crippen molar-refractivity contribution in [3.05, 3.63) is 27.0 Å². The van der Waals surface area contributed by atoms with Crippen LogP contribution in [0.2, 0.25) is 0 Å². The van der Waals surface area contributed by atoms with Crippen LogP contribution in [0.5, 0.6) is 0 Å². The summed E-state index contributed by atoms with van der Waals surface area (Å²) in [7, 11) is 0. The van der Waals surface area contributed by atoms with E-state index in [0.29, 0.717) is 11.8 Å². The van der Waals surface area contributed by atoms with Gasteiger partial charge in [-0.15, -0.1) is 0 Å². The Morgan fingerprint density at radius 1 is 1.63 bits per heavy atom. The molecule has 0 aromatic carbocycles. The van der Waals surface area contributed by atoms with Crippen molar-refractivity contribution < 1.29 is 14.9 Å². The van der Waals surface area contributed by atoms with Crippen LogP contribution in [-0.2, 0) is 4.74 Å². The fourth-order valence-corrected chi connectivity index (χ4v) is 2.26. The molecule has 2 rings (SSSR count). The van der Waals surface area contributed by atoms with Gasteiger partial charge in [0.05, 0.1) is 12.7 Å². The van der Waals surface area contributed by atoms with E-state index in [1.807, 2.05) is 0 Å². The van der Waals surface area contributed by atoms with E-state index in [9.17, 15) is 14.7 Å². The lowest BCUT2D eigenvalue weighted by Gasteiger charge is -2.14. The van der Waals surface area contributed by atoms with Crippen LogP contribution in [0.15, 0.2) is 20.7 Å². The molecule has 1 fully saturated rings. The van der Waals surface area contributed by atoms with Crippen molar-refractivity contribution in [2.24, 2.45) is 0 Å². The normalized spacial score (nSPS) is 26.3. The topological polar surface area (TPSA) is 128 Å². The summed E-state index contributed by atoms with van der Waals surface area (Å²) in [4.78, 5) is 25.2. The molecule has 1 saturated heterocycles. The van der Waals surface area contributed by atoms with Crippen molar-refractivity contribution in [2.75, 3.05) is 6.61 Å². The number of thiocyanates is 1. The Hall–Kier alpha value is -1.60. The number of hydrogen-bond donors (Lipinski definition) is 3. The fourth-order valence-electron chi connectivity index (χ4n) is 1.85. The molecule has 9 heteroatoms. The highest BCUT2D eigenvalue weighted by atomic mass is 32.2. The third-order valence-corrected chi connectivity index (χ3v) is 3.39. The molecule has 19 heavy (non-hydrogen) atoms. The van der Waals surface area contributed by atoms with Crippen LogP contribution in [0.1, 0.15) is 12.6 Å². The number of H-pyrrole nitrogens is 1. The monoisotopic (exact) mass is 285 g/mol. The van der Waals surface area contributed by atoms with Crippen LogP contribution < -0.4 is 11.2 Å². The summed E-state index contributed by atoms with van der Waals surface area (Å²) >= 11 is 0.626. The zero-order valence-corrected chi connectivity index (χ0v) is 10.5. The number of hydrogen-bond acceptors (Lipinski definition) is 7. The summed E-state index contributed by atoms with van der Waals surface area (Å²) in [6, 6.07) is 0. The molecular formula is C10H11N3O5S. The van der Waals surface area contributed by atoms with Crippen LogP contribution in [-0.4, -0.2) is 38.6 Å². The Labute approximate surface area is 111 Å². The molecule has 3 atom stereocenters. The second kappa shape index (κ2) is 5.58. The Kier molecular flexibility index (Phi) is 4.06. The number of aromatic amines is 1. The molecular weight excluding hydrogens is 274 g/mol. The largest absolute Gasteiger partial charge is 0.394 e. The molecule has 1 aliphatic rings. The molecule has 0 unspecified atom stereocenters. The van der Waals surface area contributed by atoms with Crippen LogP contribution in [0.4, 0.5) is 0 Å². The number of aromatic nitrogens is 2.